The van der Waals surface area contributed by atoms with Gasteiger partial charge in [-0.25, -0.2) is 0 Å². The molecule has 0 unspecified atom stereocenters. The zero-order valence-corrected chi connectivity index (χ0v) is 9.35. The Balaban J connectivity index is 1.71. The Bertz CT molecular complexity index is 496. The summed E-state index contributed by atoms with van der Waals surface area (Å²) >= 11 is 0. The summed E-state index contributed by atoms with van der Waals surface area (Å²) in [4.78, 5) is 3.99. The van der Waals surface area contributed by atoms with Crippen molar-refractivity contribution in [2.75, 3.05) is 6.54 Å². The lowest BCUT2D eigenvalue weighted by Crippen LogP contribution is -2.23. The fourth-order valence-corrected chi connectivity index (χ4v) is 1.89. The van der Waals surface area contributed by atoms with Crippen molar-refractivity contribution >= 4 is 0 Å². The average Bonchev–Trinajstić information content (AvgIpc) is 2.81. The molecule has 1 N–H and O–H groups in total. The van der Waals surface area contributed by atoms with Crippen LogP contribution < -0.4 is 10.1 Å². The first-order valence-electron chi connectivity index (χ1n) is 5.63. The van der Waals surface area contributed by atoms with Crippen LogP contribution in [0.2, 0.25) is 0 Å². The molecule has 0 saturated heterocycles. The fourth-order valence-electron chi connectivity index (χ4n) is 1.89. The molecule has 0 aliphatic carbocycles. The minimum atomic E-state index is 0.423. The summed E-state index contributed by atoms with van der Waals surface area (Å²) in [5.41, 5.74) is 2.01. The molecule has 1 aliphatic rings. The van der Waals surface area contributed by atoms with Gasteiger partial charge in [-0.1, -0.05) is 5.16 Å². The van der Waals surface area contributed by atoms with Crippen LogP contribution in [0.3, 0.4) is 0 Å². The normalized spacial score (nSPS) is 14.4. The van der Waals surface area contributed by atoms with Crippen molar-refractivity contribution in [3.63, 3.8) is 0 Å². The van der Waals surface area contributed by atoms with E-state index in [-0.39, 0.29) is 0 Å². The first kappa shape index (κ1) is 10.3. The van der Waals surface area contributed by atoms with Crippen molar-refractivity contribution in [1.82, 2.24) is 15.5 Å². The third kappa shape index (κ3) is 2.14. The molecule has 1 aliphatic heterocycles. The van der Waals surface area contributed by atoms with Gasteiger partial charge in [0, 0.05) is 31.3 Å². The monoisotopic (exact) mass is 231 g/mol. The van der Waals surface area contributed by atoms with E-state index in [1.165, 1.54) is 0 Å². The summed E-state index contributed by atoms with van der Waals surface area (Å²) < 4.78 is 10.9. The molecule has 0 amide bonds. The fraction of sp³-hybridized carbons (Fsp3) is 0.333. The standard InChI is InChI=1S/C12H13N3O2/c1-2-9(6-13-4-1)16-8-11-10-7-14-5-3-12(10)17-15-11/h1-2,4,6,14H,3,5,7-8H2. The summed E-state index contributed by atoms with van der Waals surface area (Å²) in [6, 6.07) is 3.72. The van der Waals surface area contributed by atoms with Crippen molar-refractivity contribution in [1.29, 1.82) is 0 Å². The Kier molecular flexibility index (Phi) is 2.75. The Labute approximate surface area is 98.8 Å². The molecule has 0 aromatic carbocycles. The highest BCUT2D eigenvalue weighted by Crippen LogP contribution is 2.19. The summed E-state index contributed by atoms with van der Waals surface area (Å²) in [6.07, 6.45) is 4.30. The lowest BCUT2D eigenvalue weighted by Gasteiger charge is -2.11. The smallest absolute Gasteiger partial charge is 0.142 e. The molecule has 2 aromatic rings. The molecule has 0 saturated carbocycles. The average molecular weight is 231 g/mol. The molecule has 0 spiro atoms. The van der Waals surface area contributed by atoms with Crippen molar-refractivity contribution in [3.05, 3.63) is 41.5 Å². The Morgan fingerprint density at radius 1 is 1.47 bits per heavy atom. The molecule has 3 rings (SSSR count). The van der Waals surface area contributed by atoms with Gasteiger partial charge in [0.15, 0.2) is 0 Å². The van der Waals surface area contributed by atoms with Gasteiger partial charge in [-0.15, -0.1) is 0 Å². The topological polar surface area (TPSA) is 60.2 Å². The molecular weight excluding hydrogens is 218 g/mol. The molecule has 88 valence electrons. The van der Waals surface area contributed by atoms with Gasteiger partial charge in [-0.3, -0.25) is 4.98 Å². The summed E-state index contributed by atoms with van der Waals surface area (Å²) in [5, 5.41) is 7.35. The van der Waals surface area contributed by atoms with Gasteiger partial charge in [-0.2, -0.15) is 0 Å². The SMILES string of the molecule is c1cncc(OCc2noc3c2CNCC3)c1. The lowest BCUT2D eigenvalue weighted by molar-refractivity contribution is 0.286. The Morgan fingerprint density at radius 2 is 2.47 bits per heavy atom. The van der Waals surface area contributed by atoms with Gasteiger partial charge in [0.25, 0.3) is 0 Å². The first-order chi connectivity index (χ1) is 8.43. The van der Waals surface area contributed by atoms with Crippen LogP contribution in [0, 0.1) is 0 Å². The van der Waals surface area contributed by atoms with Crippen molar-refractivity contribution in [2.24, 2.45) is 0 Å². The second-order valence-electron chi connectivity index (χ2n) is 3.94. The first-order valence-corrected chi connectivity index (χ1v) is 5.63. The second kappa shape index (κ2) is 4.55. The number of hydrogen-bond donors (Lipinski definition) is 1. The number of rotatable bonds is 3. The van der Waals surface area contributed by atoms with Crippen LogP contribution in [-0.2, 0) is 19.6 Å². The number of aromatic nitrogens is 2. The second-order valence-corrected chi connectivity index (χ2v) is 3.94. The molecule has 0 fully saturated rings. The van der Waals surface area contributed by atoms with E-state index < -0.39 is 0 Å². The van der Waals surface area contributed by atoms with E-state index in [4.69, 9.17) is 9.26 Å². The molecule has 2 aromatic heterocycles. The van der Waals surface area contributed by atoms with E-state index in [0.717, 1.165) is 42.3 Å². The third-order valence-corrected chi connectivity index (χ3v) is 2.79. The van der Waals surface area contributed by atoms with E-state index in [1.807, 2.05) is 12.1 Å². The molecule has 3 heterocycles. The number of nitrogens with one attached hydrogen (secondary N) is 1. The van der Waals surface area contributed by atoms with Gasteiger partial charge in [0.05, 0.1) is 6.20 Å². The predicted molar refractivity (Wildman–Crippen MR) is 60.5 cm³/mol. The quantitative estimate of drug-likeness (QED) is 0.862. The van der Waals surface area contributed by atoms with Gasteiger partial charge in [0.1, 0.15) is 23.8 Å². The largest absolute Gasteiger partial charge is 0.486 e. The Hall–Kier alpha value is -1.88. The van der Waals surface area contributed by atoms with E-state index in [0.29, 0.717) is 6.61 Å². The predicted octanol–water partition coefficient (Wildman–Crippen LogP) is 1.29. The van der Waals surface area contributed by atoms with Crippen LogP contribution in [0.4, 0.5) is 0 Å². The number of hydrogen-bond acceptors (Lipinski definition) is 5. The summed E-state index contributed by atoms with van der Waals surface area (Å²) in [5.74, 6) is 1.72. The van der Waals surface area contributed by atoms with Crippen molar-refractivity contribution in [3.8, 4) is 5.75 Å². The maximum absolute atomic E-state index is 5.60. The number of nitrogens with zero attached hydrogens (tertiary/aromatic N) is 2. The van der Waals surface area contributed by atoms with Gasteiger partial charge in [-0.05, 0) is 12.1 Å². The molecule has 0 atom stereocenters. The van der Waals surface area contributed by atoms with Crippen molar-refractivity contribution in [2.45, 2.75) is 19.6 Å². The van der Waals surface area contributed by atoms with Crippen molar-refractivity contribution < 1.29 is 9.26 Å². The molecule has 5 heteroatoms. The van der Waals surface area contributed by atoms with Crippen LogP contribution in [0.5, 0.6) is 5.75 Å². The van der Waals surface area contributed by atoms with Gasteiger partial charge < -0.3 is 14.6 Å². The minimum Gasteiger partial charge on any atom is -0.486 e. The lowest BCUT2D eigenvalue weighted by atomic mass is 10.1. The van der Waals surface area contributed by atoms with Crippen LogP contribution in [0.25, 0.3) is 0 Å². The van der Waals surface area contributed by atoms with Crippen LogP contribution in [0.15, 0.2) is 29.0 Å². The van der Waals surface area contributed by atoms with Gasteiger partial charge >= 0.3 is 0 Å². The maximum atomic E-state index is 5.60. The molecule has 0 bridgehead atoms. The highest BCUT2D eigenvalue weighted by Gasteiger charge is 2.19. The summed E-state index contributed by atoms with van der Waals surface area (Å²) in [7, 11) is 0. The van der Waals surface area contributed by atoms with E-state index in [9.17, 15) is 0 Å². The zero-order valence-electron chi connectivity index (χ0n) is 9.35. The Morgan fingerprint density at radius 3 is 3.35 bits per heavy atom. The zero-order chi connectivity index (χ0) is 11.5. The maximum Gasteiger partial charge on any atom is 0.142 e. The highest BCUT2D eigenvalue weighted by molar-refractivity contribution is 5.25. The molecule has 17 heavy (non-hydrogen) atoms. The van der Waals surface area contributed by atoms with Crippen LogP contribution in [0.1, 0.15) is 17.0 Å². The molecule has 0 radical (unpaired) electrons. The van der Waals surface area contributed by atoms with E-state index in [2.05, 4.69) is 15.5 Å². The summed E-state index contributed by atoms with van der Waals surface area (Å²) in [6.45, 7) is 2.18. The number of pyridine rings is 1. The van der Waals surface area contributed by atoms with E-state index in [1.54, 1.807) is 12.4 Å². The number of ether oxygens (including phenoxy) is 1. The number of fused-ring (bicyclic) bond motifs is 1. The highest BCUT2D eigenvalue weighted by atomic mass is 16.5. The van der Waals surface area contributed by atoms with Crippen LogP contribution >= 0.6 is 0 Å². The molecular formula is C12H13N3O2. The van der Waals surface area contributed by atoms with Crippen LogP contribution in [-0.4, -0.2) is 16.7 Å². The van der Waals surface area contributed by atoms with E-state index >= 15 is 0 Å². The van der Waals surface area contributed by atoms with Gasteiger partial charge in [0.2, 0.25) is 0 Å². The third-order valence-electron chi connectivity index (χ3n) is 2.79. The minimum absolute atomic E-state index is 0.423. The molecule has 5 nitrogen and oxygen atoms in total.